The van der Waals surface area contributed by atoms with Crippen LogP contribution < -0.4 is 0 Å². The van der Waals surface area contributed by atoms with Crippen LogP contribution in [0.25, 0.3) is 0 Å². The maximum Gasteiger partial charge on any atom is 0.118 e. The largest absolute Gasteiger partial charge is 0.465 e. The van der Waals surface area contributed by atoms with Crippen LogP contribution in [-0.2, 0) is 13.1 Å². The first kappa shape index (κ1) is 14.9. The lowest BCUT2D eigenvalue weighted by Gasteiger charge is -2.14. The summed E-state index contributed by atoms with van der Waals surface area (Å²) in [7, 11) is 2.07. The SMILES string of the molecule is Cc1ccc(CN(C)Cc2sccc2C#CCCO)o1. The van der Waals surface area contributed by atoms with Gasteiger partial charge >= 0.3 is 0 Å². The summed E-state index contributed by atoms with van der Waals surface area (Å²) in [6.07, 6.45) is 0.525. The molecule has 0 saturated carbocycles. The number of aryl methyl sites for hydroxylation is 1. The zero-order valence-electron chi connectivity index (χ0n) is 11.8. The predicted molar refractivity (Wildman–Crippen MR) is 81.5 cm³/mol. The third kappa shape index (κ3) is 4.24. The zero-order chi connectivity index (χ0) is 14.4. The van der Waals surface area contributed by atoms with Crippen molar-refractivity contribution < 1.29 is 9.52 Å². The van der Waals surface area contributed by atoms with Crippen molar-refractivity contribution in [1.82, 2.24) is 4.90 Å². The molecule has 0 aromatic carbocycles. The standard InChI is InChI=1S/C16H19NO2S/c1-13-6-7-15(19-13)11-17(2)12-16-14(8-10-20-16)5-3-4-9-18/h6-8,10,18H,4,9,11-12H2,1-2H3. The summed E-state index contributed by atoms with van der Waals surface area (Å²) >= 11 is 1.71. The molecule has 0 aliphatic rings. The van der Waals surface area contributed by atoms with Gasteiger partial charge in [0.15, 0.2) is 0 Å². The maximum absolute atomic E-state index is 8.76. The molecule has 4 heteroatoms. The maximum atomic E-state index is 8.76. The van der Waals surface area contributed by atoms with Crippen LogP contribution in [0.1, 0.15) is 28.4 Å². The van der Waals surface area contributed by atoms with Gasteiger partial charge in [-0.05, 0) is 37.6 Å². The quantitative estimate of drug-likeness (QED) is 0.860. The molecule has 0 saturated heterocycles. The van der Waals surface area contributed by atoms with E-state index >= 15 is 0 Å². The number of aliphatic hydroxyl groups excluding tert-OH is 1. The molecular weight excluding hydrogens is 270 g/mol. The van der Waals surface area contributed by atoms with Gasteiger partial charge in [0.25, 0.3) is 0 Å². The first-order chi connectivity index (χ1) is 9.69. The molecule has 106 valence electrons. The van der Waals surface area contributed by atoms with E-state index in [0.29, 0.717) is 6.42 Å². The van der Waals surface area contributed by atoms with E-state index in [1.165, 1.54) is 4.88 Å². The molecule has 0 bridgehead atoms. The average molecular weight is 289 g/mol. The second kappa shape index (κ2) is 7.30. The predicted octanol–water partition coefficient (Wildman–Crippen LogP) is 3.02. The van der Waals surface area contributed by atoms with Gasteiger partial charge in [0.2, 0.25) is 0 Å². The third-order valence-electron chi connectivity index (χ3n) is 2.84. The Kier molecular flexibility index (Phi) is 5.42. The number of rotatable bonds is 5. The highest BCUT2D eigenvalue weighted by Gasteiger charge is 2.08. The molecule has 0 amide bonds. The van der Waals surface area contributed by atoms with Crippen molar-refractivity contribution in [2.45, 2.75) is 26.4 Å². The highest BCUT2D eigenvalue weighted by molar-refractivity contribution is 7.10. The Morgan fingerprint density at radius 3 is 2.85 bits per heavy atom. The van der Waals surface area contributed by atoms with Crippen LogP contribution in [0.4, 0.5) is 0 Å². The van der Waals surface area contributed by atoms with Crippen LogP contribution >= 0.6 is 11.3 Å². The van der Waals surface area contributed by atoms with Crippen LogP contribution in [-0.4, -0.2) is 23.7 Å². The molecule has 2 aromatic heterocycles. The lowest BCUT2D eigenvalue weighted by Crippen LogP contribution is -2.16. The number of nitrogens with zero attached hydrogens (tertiary/aromatic N) is 1. The summed E-state index contributed by atoms with van der Waals surface area (Å²) in [5.74, 6) is 8.02. The van der Waals surface area contributed by atoms with Crippen molar-refractivity contribution in [2.75, 3.05) is 13.7 Å². The number of hydrogen-bond donors (Lipinski definition) is 1. The lowest BCUT2D eigenvalue weighted by atomic mass is 10.2. The number of hydrogen-bond acceptors (Lipinski definition) is 4. The van der Waals surface area contributed by atoms with E-state index in [1.807, 2.05) is 25.1 Å². The van der Waals surface area contributed by atoms with Gasteiger partial charge in [-0.25, -0.2) is 0 Å². The van der Waals surface area contributed by atoms with Crippen molar-refractivity contribution in [3.05, 3.63) is 45.5 Å². The van der Waals surface area contributed by atoms with Crippen molar-refractivity contribution in [2.24, 2.45) is 0 Å². The van der Waals surface area contributed by atoms with Crippen molar-refractivity contribution in [3.63, 3.8) is 0 Å². The van der Waals surface area contributed by atoms with E-state index in [9.17, 15) is 0 Å². The van der Waals surface area contributed by atoms with E-state index in [4.69, 9.17) is 9.52 Å². The van der Waals surface area contributed by atoms with Crippen LogP contribution in [0.15, 0.2) is 28.0 Å². The number of furan rings is 1. The Morgan fingerprint density at radius 1 is 1.30 bits per heavy atom. The summed E-state index contributed by atoms with van der Waals surface area (Å²) in [5, 5.41) is 10.8. The van der Waals surface area contributed by atoms with Crippen LogP contribution in [0, 0.1) is 18.8 Å². The highest BCUT2D eigenvalue weighted by Crippen LogP contribution is 2.19. The van der Waals surface area contributed by atoms with E-state index in [-0.39, 0.29) is 6.61 Å². The molecule has 0 atom stereocenters. The normalized spacial score (nSPS) is 10.6. The molecule has 2 rings (SSSR count). The fourth-order valence-electron chi connectivity index (χ4n) is 1.93. The van der Waals surface area contributed by atoms with Gasteiger partial charge < -0.3 is 9.52 Å². The second-order valence-electron chi connectivity index (χ2n) is 4.72. The van der Waals surface area contributed by atoms with Gasteiger partial charge in [-0.3, -0.25) is 4.90 Å². The molecule has 2 aromatic rings. The lowest BCUT2D eigenvalue weighted by molar-refractivity contribution is 0.287. The summed E-state index contributed by atoms with van der Waals surface area (Å²) in [4.78, 5) is 3.46. The van der Waals surface area contributed by atoms with Gasteiger partial charge in [0, 0.05) is 23.4 Å². The molecule has 0 radical (unpaired) electrons. The Labute approximate surface area is 123 Å². The molecule has 1 N–H and O–H groups in total. The van der Waals surface area contributed by atoms with Crippen LogP contribution in [0.3, 0.4) is 0 Å². The minimum absolute atomic E-state index is 0.115. The summed E-state index contributed by atoms with van der Waals surface area (Å²) in [5.41, 5.74) is 1.06. The van der Waals surface area contributed by atoms with Crippen molar-refractivity contribution in [3.8, 4) is 11.8 Å². The van der Waals surface area contributed by atoms with Crippen molar-refractivity contribution in [1.29, 1.82) is 0 Å². The minimum Gasteiger partial charge on any atom is -0.465 e. The second-order valence-corrected chi connectivity index (χ2v) is 5.72. The average Bonchev–Trinajstić information content (AvgIpc) is 3.00. The Bertz CT molecular complexity index is 603. The van der Waals surface area contributed by atoms with Gasteiger partial charge in [-0.2, -0.15) is 0 Å². The van der Waals surface area contributed by atoms with Gasteiger partial charge in [-0.15, -0.1) is 11.3 Å². The molecule has 2 heterocycles. The Hall–Kier alpha value is -1.54. The van der Waals surface area contributed by atoms with E-state index in [2.05, 4.69) is 29.2 Å². The molecule has 20 heavy (non-hydrogen) atoms. The fraction of sp³-hybridized carbons (Fsp3) is 0.375. The number of thiophene rings is 1. The smallest absolute Gasteiger partial charge is 0.118 e. The molecule has 0 fully saturated rings. The third-order valence-corrected chi connectivity index (χ3v) is 3.75. The van der Waals surface area contributed by atoms with Crippen molar-refractivity contribution >= 4 is 11.3 Å². The molecule has 0 aliphatic carbocycles. The van der Waals surface area contributed by atoms with Gasteiger partial charge in [-0.1, -0.05) is 11.8 Å². The first-order valence-electron chi connectivity index (χ1n) is 6.59. The zero-order valence-corrected chi connectivity index (χ0v) is 12.7. The summed E-state index contributed by atoms with van der Waals surface area (Å²) in [6.45, 7) is 3.71. The highest BCUT2D eigenvalue weighted by atomic mass is 32.1. The Balaban J connectivity index is 1.96. The first-order valence-corrected chi connectivity index (χ1v) is 7.47. The minimum atomic E-state index is 0.115. The van der Waals surface area contributed by atoms with Crippen LogP contribution in [0.2, 0.25) is 0 Å². The fourth-order valence-corrected chi connectivity index (χ4v) is 2.83. The van der Waals surface area contributed by atoms with Gasteiger partial charge in [0.05, 0.1) is 13.2 Å². The molecule has 0 aliphatic heterocycles. The topological polar surface area (TPSA) is 36.6 Å². The van der Waals surface area contributed by atoms with Crippen LogP contribution in [0.5, 0.6) is 0 Å². The molecular formula is C16H19NO2S. The summed E-state index contributed by atoms with van der Waals surface area (Å²) in [6, 6.07) is 6.04. The Morgan fingerprint density at radius 2 is 2.15 bits per heavy atom. The molecule has 0 unspecified atom stereocenters. The molecule has 3 nitrogen and oxygen atoms in total. The number of aliphatic hydroxyl groups is 1. The van der Waals surface area contributed by atoms with E-state index in [0.717, 1.165) is 30.2 Å². The monoisotopic (exact) mass is 289 g/mol. The van der Waals surface area contributed by atoms with E-state index < -0.39 is 0 Å². The molecule has 0 spiro atoms. The van der Waals surface area contributed by atoms with Gasteiger partial charge in [0.1, 0.15) is 11.5 Å². The summed E-state index contributed by atoms with van der Waals surface area (Å²) < 4.78 is 5.59. The van der Waals surface area contributed by atoms with E-state index in [1.54, 1.807) is 11.3 Å².